The van der Waals surface area contributed by atoms with E-state index >= 15 is 0 Å². The molecule has 0 radical (unpaired) electrons. The third-order valence-electron chi connectivity index (χ3n) is 3.51. The van der Waals surface area contributed by atoms with Gasteiger partial charge in [-0.2, -0.15) is 0 Å². The molecule has 0 atom stereocenters. The molecule has 1 aromatic heterocycles. The highest BCUT2D eigenvalue weighted by Crippen LogP contribution is 2.08. The lowest BCUT2D eigenvalue weighted by Crippen LogP contribution is -2.35. The molecular weight excluding hydrogens is 254 g/mol. The van der Waals surface area contributed by atoms with Crippen molar-refractivity contribution in [2.45, 2.75) is 19.8 Å². The van der Waals surface area contributed by atoms with E-state index in [0.717, 1.165) is 32.7 Å². The van der Waals surface area contributed by atoms with Crippen molar-refractivity contribution in [2.24, 2.45) is 0 Å². The normalized spacial score (nSPS) is 15.3. The molecule has 0 unspecified atom stereocenters. The van der Waals surface area contributed by atoms with Gasteiger partial charge >= 0.3 is 0 Å². The highest BCUT2D eigenvalue weighted by atomic mass is 16.2. The van der Waals surface area contributed by atoms with Crippen LogP contribution in [-0.4, -0.2) is 65.4 Å². The van der Waals surface area contributed by atoms with Crippen LogP contribution >= 0.6 is 0 Å². The summed E-state index contributed by atoms with van der Waals surface area (Å²) in [5.74, 6) is 0.572. The van der Waals surface area contributed by atoms with Gasteiger partial charge in [0.2, 0.25) is 0 Å². The van der Waals surface area contributed by atoms with E-state index in [4.69, 9.17) is 0 Å². The fourth-order valence-corrected chi connectivity index (χ4v) is 2.33. The van der Waals surface area contributed by atoms with Crippen LogP contribution in [-0.2, 0) is 0 Å². The van der Waals surface area contributed by atoms with Gasteiger partial charge in [-0.1, -0.05) is 0 Å². The maximum atomic E-state index is 12.3. The molecule has 0 saturated carbocycles. The number of carbonyl (C=O) groups is 1. The molecule has 1 N–H and O–H groups in total. The maximum absolute atomic E-state index is 12.3. The molecular formula is C14H23N5O. The first kappa shape index (κ1) is 14.7. The van der Waals surface area contributed by atoms with Gasteiger partial charge in [0, 0.05) is 26.7 Å². The van der Waals surface area contributed by atoms with Crippen molar-refractivity contribution < 1.29 is 4.79 Å². The van der Waals surface area contributed by atoms with Crippen molar-refractivity contribution in [3.05, 3.63) is 18.1 Å². The number of nitrogens with zero attached hydrogens (tertiary/aromatic N) is 4. The molecule has 0 aliphatic carbocycles. The number of aromatic nitrogens is 2. The first-order valence-electron chi connectivity index (χ1n) is 7.24. The van der Waals surface area contributed by atoms with Gasteiger partial charge in [-0.15, -0.1) is 0 Å². The van der Waals surface area contributed by atoms with Crippen molar-refractivity contribution in [3.8, 4) is 0 Å². The molecule has 0 bridgehead atoms. The summed E-state index contributed by atoms with van der Waals surface area (Å²) in [5.41, 5.74) is 0.396. The molecule has 0 spiro atoms. The Morgan fingerprint density at radius 1 is 1.40 bits per heavy atom. The zero-order valence-electron chi connectivity index (χ0n) is 12.3. The van der Waals surface area contributed by atoms with Gasteiger partial charge < -0.3 is 15.1 Å². The van der Waals surface area contributed by atoms with Crippen molar-refractivity contribution in [1.82, 2.24) is 19.8 Å². The van der Waals surface area contributed by atoms with Gasteiger partial charge in [0.05, 0.1) is 12.4 Å². The number of hydrogen-bond donors (Lipinski definition) is 1. The SMILES string of the molecule is CCNc1cncc(C(=O)N(C)CCN2CCCC2)n1. The van der Waals surface area contributed by atoms with Gasteiger partial charge in [-0.3, -0.25) is 9.78 Å². The monoisotopic (exact) mass is 277 g/mol. The lowest BCUT2D eigenvalue weighted by molar-refractivity contribution is 0.0776. The molecule has 6 heteroatoms. The van der Waals surface area contributed by atoms with Crippen LogP contribution in [0, 0.1) is 0 Å². The zero-order valence-corrected chi connectivity index (χ0v) is 12.3. The molecule has 1 amide bonds. The molecule has 1 aliphatic heterocycles. The van der Waals surface area contributed by atoms with E-state index in [-0.39, 0.29) is 5.91 Å². The van der Waals surface area contributed by atoms with Crippen LogP contribution in [0.4, 0.5) is 5.82 Å². The molecule has 110 valence electrons. The Morgan fingerprint density at radius 2 is 2.15 bits per heavy atom. The number of anilines is 1. The average molecular weight is 277 g/mol. The molecule has 20 heavy (non-hydrogen) atoms. The predicted molar refractivity (Wildman–Crippen MR) is 78.8 cm³/mol. The third kappa shape index (κ3) is 3.90. The van der Waals surface area contributed by atoms with Gasteiger partial charge in [0.1, 0.15) is 11.5 Å². The number of carbonyl (C=O) groups excluding carboxylic acids is 1. The van der Waals surface area contributed by atoms with Gasteiger partial charge in [0.15, 0.2) is 0 Å². The topological polar surface area (TPSA) is 61.4 Å². The highest BCUT2D eigenvalue weighted by molar-refractivity contribution is 5.92. The third-order valence-corrected chi connectivity index (χ3v) is 3.51. The number of nitrogens with one attached hydrogen (secondary N) is 1. The Morgan fingerprint density at radius 3 is 2.85 bits per heavy atom. The summed E-state index contributed by atoms with van der Waals surface area (Å²) in [4.78, 5) is 24.7. The summed E-state index contributed by atoms with van der Waals surface area (Å²) in [6.45, 7) is 6.71. The number of amides is 1. The van der Waals surface area contributed by atoms with Gasteiger partial charge in [-0.25, -0.2) is 4.98 Å². The molecule has 1 fully saturated rings. The Bertz CT molecular complexity index is 445. The minimum Gasteiger partial charge on any atom is -0.369 e. The molecule has 2 heterocycles. The van der Waals surface area contributed by atoms with Crippen LogP contribution in [0.25, 0.3) is 0 Å². The van der Waals surface area contributed by atoms with E-state index < -0.39 is 0 Å². The van der Waals surface area contributed by atoms with Crippen molar-refractivity contribution >= 4 is 11.7 Å². The summed E-state index contributed by atoms with van der Waals surface area (Å²) < 4.78 is 0. The Kier molecular flexibility index (Phi) is 5.29. The summed E-state index contributed by atoms with van der Waals surface area (Å²) in [5, 5.41) is 3.07. The number of rotatable bonds is 6. The smallest absolute Gasteiger partial charge is 0.273 e. The van der Waals surface area contributed by atoms with E-state index in [9.17, 15) is 4.79 Å². The Hall–Kier alpha value is -1.69. The molecule has 6 nitrogen and oxygen atoms in total. The first-order valence-corrected chi connectivity index (χ1v) is 7.24. The number of likely N-dealkylation sites (tertiary alicyclic amines) is 1. The summed E-state index contributed by atoms with van der Waals surface area (Å²) in [6.07, 6.45) is 5.70. The summed E-state index contributed by atoms with van der Waals surface area (Å²) >= 11 is 0. The fraction of sp³-hybridized carbons (Fsp3) is 0.643. The van der Waals surface area contributed by atoms with Gasteiger partial charge in [-0.05, 0) is 32.9 Å². The van der Waals surface area contributed by atoms with E-state index in [1.807, 2.05) is 14.0 Å². The second-order valence-electron chi connectivity index (χ2n) is 5.10. The minimum absolute atomic E-state index is 0.0727. The molecule has 1 aliphatic rings. The average Bonchev–Trinajstić information content (AvgIpc) is 2.98. The van der Waals surface area contributed by atoms with Crippen LogP contribution in [0.15, 0.2) is 12.4 Å². The molecule has 1 aromatic rings. The lowest BCUT2D eigenvalue weighted by Gasteiger charge is -2.21. The van der Waals surface area contributed by atoms with Crippen LogP contribution in [0.5, 0.6) is 0 Å². The Balaban J connectivity index is 1.89. The Labute approximate surface area is 120 Å². The molecule has 2 rings (SSSR count). The number of likely N-dealkylation sites (N-methyl/N-ethyl adjacent to an activating group) is 1. The second kappa shape index (κ2) is 7.19. The van der Waals surface area contributed by atoms with E-state index in [1.165, 1.54) is 19.0 Å². The van der Waals surface area contributed by atoms with Crippen molar-refractivity contribution in [3.63, 3.8) is 0 Å². The van der Waals surface area contributed by atoms with Crippen LogP contribution in [0.3, 0.4) is 0 Å². The quantitative estimate of drug-likeness (QED) is 0.843. The number of hydrogen-bond acceptors (Lipinski definition) is 5. The fourth-order valence-electron chi connectivity index (χ4n) is 2.33. The predicted octanol–water partition coefficient (Wildman–Crippen LogP) is 1.08. The van der Waals surface area contributed by atoms with E-state index in [2.05, 4.69) is 20.2 Å². The standard InChI is InChI=1S/C14H23N5O/c1-3-16-13-11-15-10-12(17-13)14(20)18(2)8-9-19-6-4-5-7-19/h10-11H,3-9H2,1-2H3,(H,16,17). The summed E-state index contributed by atoms with van der Waals surface area (Å²) in [6, 6.07) is 0. The molecule has 1 saturated heterocycles. The highest BCUT2D eigenvalue weighted by Gasteiger charge is 2.17. The van der Waals surface area contributed by atoms with Crippen LogP contribution in [0.2, 0.25) is 0 Å². The van der Waals surface area contributed by atoms with E-state index in [1.54, 1.807) is 11.1 Å². The van der Waals surface area contributed by atoms with Crippen molar-refractivity contribution in [2.75, 3.05) is 45.1 Å². The van der Waals surface area contributed by atoms with Gasteiger partial charge in [0.25, 0.3) is 5.91 Å². The van der Waals surface area contributed by atoms with E-state index in [0.29, 0.717) is 11.5 Å². The van der Waals surface area contributed by atoms with Crippen LogP contribution in [0.1, 0.15) is 30.3 Å². The zero-order chi connectivity index (χ0) is 14.4. The maximum Gasteiger partial charge on any atom is 0.273 e. The van der Waals surface area contributed by atoms with Crippen LogP contribution < -0.4 is 5.32 Å². The minimum atomic E-state index is -0.0727. The lowest BCUT2D eigenvalue weighted by atomic mass is 10.3. The second-order valence-corrected chi connectivity index (χ2v) is 5.10. The summed E-state index contributed by atoms with van der Waals surface area (Å²) in [7, 11) is 1.82. The largest absolute Gasteiger partial charge is 0.369 e. The molecule has 0 aromatic carbocycles. The first-order chi connectivity index (χ1) is 9.70. The van der Waals surface area contributed by atoms with Crippen molar-refractivity contribution in [1.29, 1.82) is 0 Å².